The van der Waals surface area contributed by atoms with Gasteiger partial charge in [0.1, 0.15) is 5.82 Å². The summed E-state index contributed by atoms with van der Waals surface area (Å²) in [7, 11) is 0. The monoisotopic (exact) mass is 284 g/mol. The first-order valence-electron chi connectivity index (χ1n) is 6.31. The van der Waals surface area contributed by atoms with Crippen molar-refractivity contribution in [2.75, 3.05) is 11.9 Å². The zero-order valence-corrected chi connectivity index (χ0v) is 11.1. The highest BCUT2D eigenvalue weighted by Crippen LogP contribution is 2.15. The number of aliphatic hydroxyl groups excluding tert-OH is 1. The number of nitrogens with zero attached hydrogens (tertiary/aromatic N) is 1. The molecule has 1 aromatic heterocycles. The average Bonchev–Trinajstić information content (AvgIpc) is 2.49. The third-order valence-corrected chi connectivity index (χ3v) is 2.60. The van der Waals surface area contributed by atoms with Crippen molar-refractivity contribution >= 4 is 11.6 Å². The van der Waals surface area contributed by atoms with Gasteiger partial charge < -0.3 is 10.4 Å². The third-order valence-electron chi connectivity index (χ3n) is 2.60. The smallest absolute Gasteiger partial charge is 0.257 e. The van der Waals surface area contributed by atoms with Crippen LogP contribution in [0.5, 0.6) is 0 Å². The van der Waals surface area contributed by atoms with Gasteiger partial charge in [0.25, 0.3) is 5.91 Å². The van der Waals surface area contributed by atoms with Crippen molar-refractivity contribution in [3.05, 3.63) is 59.7 Å². The lowest BCUT2D eigenvalue weighted by Gasteiger charge is -2.07. The molecule has 0 spiro atoms. The number of aromatic nitrogens is 1. The fourth-order valence-electron chi connectivity index (χ4n) is 1.65. The Bertz CT molecular complexity index is 705. The second-order valence-corrected chi connectivity index (χ2v) is 4.17. The first kappa shape index (κ1) is 14.7. The molecule has 4 nitrogen and oxygen atoms in total. The molecular weight excluding hydrogens is 271 g/mol. The van der Waals surface area contributed by atoms with Crippen LogP contribution in [0.1, 0.15) is 22.3 Å². The van der Waals surface area contributed by atoms with Gasteiger partial charge in [-0.3, -0.25) is 9.78 Å². The SMILES string of the molecule is O=C(Nc1ccccc1C#CCCO)c1cncc(F)c1. The molecule has 0 saturated heterocycles. The number of carbonyl (C=O) groups excluding carboxylic acids is 1. The van der Waals surface area contributed by atoms with Gasteiger partial charge in [-0.05, 0) is 18.2 Å². The molecule has 0 bridgehead atoms. The molecule has 2 N–H and O–H groups in total. The molecule has 1 heterocycles. The van der Waals surface area contributed by atoms with Gasteiger partial charge >= 0.3 is 0 Å². The van der Waals surface area contributed by atoms with Crippen molar-refractivity contribution in [1.29, 1.82) is 0 Å². The molecule has 5 heteroatoms. The van der Waals surface area contributed by atoms with E-state index in [1.807, 2.05) is 0 Å². The molecule has 0 unspecified atom stereocenters. The zero-order chi connectivity index (χ0) is 15.1. The number of rotatable bonds is 3. The largest absolute Gasteiger partial charge is 0.395 e. The van der Waals surface area contributed by atoms with Gasteiger partial charge in [0, 0.05) is 18.2 Å². The predicted octanol–water partition coefficient (Wildman–Crippen LogP) is 2.21. The quantitative estimate of drug-likeness (QED) is 0.849. The lowest BCUT2D eigenvalue weighted by atomic mass is 10.1. The summed E-state index contributed by atoms with van der Waals surface area (Å²) in [4.78, 5) is 15.7. The summed E-state index contributed by atoms with van der Waals surface area (Å²) < 4.78 is 13.1. The lowest BCUT2D eigenvalue weighted by molar-refractivity contribution is 0.102. The Morgan fingerprint density at radius 2 is 2.14 bits per heavy atom. The van der Waals surface area contributed by atoms with Gasteiger partial charge in [0.05, 0.1) is 24.1 Å². The van der Waals surface area contributed by atoms with Gasteiger partial charge in [-0.15, -0.1) is 0 Å². The Morgan fingerprint density at radius 1 is 1.33 bits per heavy atom. The van der Waals surface area contributed by atoms with E-state index < -0.39 is 11.7 Å². The Balaban J connectivity index is 2.20. The summed E-state index contributed by atoms with van der Waals surface area (Å²) >= 11 is 0. The molecule has 1 amide bonds. The summed E-state index contributed by atoms with van der Waals surface area (Å²) in [5, 5.41) is 11.4. The molecule has 0 fully saturated rings. The van der Waals surface area contributed by atoms with Crippen LogP contribution in [-0.4, -0.2) is 22.6 Å². The molecule has 0 saturated carbocycles. The zero-order valence-electron chi connectivity index (χ0n) is 11.1. The molecule has 0 aliphatic carbocycles. The van der Waals surface area contributed by atoms with E-state index in [1.54, 1.807) is 24.3 Å². The average molecular weight is 284 g/mol. The minimum atomic E-state index is -0.571. The molecule has 2 rings (SSSR count). The molecule has 0 aliphatic heterocycles. The molecular formula is C16H13FN2O2. The number of amides is 1. The van der Waals surface area contributed by atoms with E-state index in [0.717, 1.165) is 12.3 Å². The summed E-state index contributed by atoms with van der Waals surface area (Å²) in [6.45, 7) is -0.0174. The summed E-state index contributed by atoms with van der Waals surface area (Å²) in [6, 6.07) is 8.12. The summed E-state index contributed by atoms with van der Waals surface area (Å²) in [6.07, 6.45) is 2.68. The van der Waals surface area contributed by atoms with Gasteiger partial charge in [0.2, 0.25) is 0 Å². The van der Waals surface area contributed by atoms with E-state index in [4.69, 9.17) is 5.11 Å². The second-order valence-electron chi connectivity index (χ2n) is 4.17. The standard InChI is InChI=1S/C16H13FN2O2/c17-14-9-13(10-18-11-14)16(21)19-15-7-2-1-5-12(15)6-3-4-8-20/h1-2,5,7,9-11,20H,4,8H2,(H,19,21). The first-order chi connectivity index (χ1) is 10.2. The van der Waals surface area contributed by atoms with Crippen molar-refractivity contribution in [2.45, 2.75) is 6.42 Å². The Kier molecular flexibility index (Phi) is 5.02. The van der Waals surface area contributed by atoms with E-state index >= 15 is 0 Å². The highest BCUT2D eigenvalue weighted by molar-refractivity contribution is 6.04. The summed E-state index contributed by atoms with van der Waals surface area (Å²) in [5.74, 6) is 4.63. The maximum atomic E-state index is 13.1. The molecule has 0 radical (unpaired) electrons. The van der Waals surface area contributed by atoms with Gasteiger partial charge in [0.15, 0.2) is 0 Å². The van der Waals surface area contributed by atoms with Crippen LogP contribution in [0.2, 0.25) is 0 Å². The van der Waals surface area contributed by atoms with E-state index in [1.165, 1.54) is 6.20 Å². The molecule has 0 atom stereocenters. The van der Waals surface area contributed by atoms with Crippen LogP contribution in [0.4, 0.5) is 10.1 Å². The van der Waals surface area contributed by atoms with Crippen LogP contribution in [0, 0.1) is 17.7 Å². The maximum absolute atomic E-state index is 13.1. The number of halogens is 1. The third kappa shape index (κ3) is 4.13. The van der Waals surface area contributed by atoms with Crippen molar-refractivity contribution in [3.8, 4) is 11.8 Å². The number of hydrogen-bond acceptors (Lipinski definition) is 3. The van der Waals surface area contributed by atoms with E-state index in [-0.39, 0.29) is 12.2 Å². The van der Waals surface area contributed by atoms with Crippen molar-refractivity contribution in [1.82, 2.24) is 4.98 Å². The number of nitrogens with one attached hydrogen (secondary N) is 1. The van der Waals surface area contributed by atoms with E-state index in [0.29, 0.717) is 17.7 Å². The molecule has 2 aromatic rings. The summed E-state index contributed by atoms with van der Waals surface area (Å²) in [5.41, 5.74) is 1.29. The normalized spacial score (nSPS) is 9.62. The predicted molar refractivity (Wildman–Crippen MR) is 77.2 cm³/mol. The van der Waals surface area contributed by atoms with Crippen LogP contribution in [0.25, 0.3) is 0 Å². The van der Waals surface area contributed by atoms with Gasteiger partial charge in [-0.2, -0.15) is 0 Å². The molecule has 106 valence electrons. The fourth-order valence-corrected chi connectivity index (χ4v) is 1.65. The maximum Gasteiger partial charge on any atom is 0.257 e. The first-order valence-corrected chi connectivity index (χ1v) is 6.31. The number of aliphatic hydroxyl groups is 1. The van der Waals surface area contributed by atoms with Crippen molar-refractivity contribution < 1.29 is 14.3 Å². The molecule has 0 aliphatic rings. The van der Waals surface area contributed by atoms with Crippen molar-refractivity contribution in [2.24, 2.45) is 0 Å². The Hall–Kier alpha value is -2.71. The van der Waals surface area contributed by atoms with Crippen LogP contribution in [0.15, 0.2) is 42.7 Å². The number of hydrogen-bond donors (Lipinski definition) is 2. The highest BCUT2D eigenvalue weighted by atomic mass is 19.1. The van der Waals surface area contributed by atoms with Crippen LogP contribution in [-0.2, 0) is 0 Å². The minimum Gasteiger partial charge on any atom is -0.395 e. The topological polar surface area (TPSA) is 62.2 Å². The highest BCUT2D eigenvalue weighted by Gasteiger charge is 2.09. The number of benzene rings is 1. The number of carbonyl (C=O) groups is 1. The second kappa shape index (κ2) is 7.17. The van der Waals surface area contributed by atoms with E-state index in [2.05, 4.69) is 22.1 Å². The minimum absolute atomic E-state index is 0.0174. The van der Waals surface area contributed by atoms with Crippen LogP contribution in [0.3, 0.4) is 0 Å². The van der Waals surface area contributed by atoms with Gasteiger partial charge in [-0.1, -0.05) is 24.0 Å². The number of para-hydroxylation sites is 1. The number of anilines is 1. The van der Waals surface area contributed by atoms with Crippen LogP contribution < -0.4 is 5.32 Å². The van der Waals surface area contributed by atoms with Gasteiger partial charge in [-0.25, -0.2) is 4.39 Å². The lowest BCUT2D eigenvalue weighted by Crippen LogP contribution is -2.13. The fraction of sp³-hybridized carbons (Fsp3) is 0.125. The molecule has 1 aromatic carbocycles. The van der Waals surface area contributed by atoms with Crippen LogP contribution >= 0.6 is 0 Å². The Labute approximate surface area is 121 Å². The van der Waals surface area contributed by atoms with Crippen molar-refractivity contribution in [3.63, 3.8) is 0 Å². The van der Waals surface area contributed by atoms with E-state index in [9.17, 15) is 9.18 Å². The number of pyridine rings is 1. The Morgan fingerprint density at radius 3 is 2.90 bits per heavy atom. The molecule has 21 heavy (non-hydrogen) atoms.